The quantitative estimate of drug-likeness (QED) is 0.797. The van der Waals surface area contributed by atoms with E-state index >= 15 is 0 Å². The highest BCUT2D eigenvalue weighted by molar-refractivity contribution is 5.92. The zero-order valence-electron chi connectivity index (χ0n) is 9.37. The SMILES string of the molecule is C[C@H](N)c1ccc(-n2cc(C(N)=O)cn2)nc1. The van der Waals surface area contributed by atoms with Gasteiger partial charge in [-0.15, -0.1) is 0 Å². The predicted octanol–water partition coefficient (Wildman–Crippen LogP) is 0.386. The van der Waals surface area contributed by atoms with Crippen molar-refractivity contribution in [1.82, 2.24) is 14.8 Å². The summed E-state index contributed by atoms with van der Waals surface area (Å²) in [6.45, 7) is 1.88. The Morgan fingerprint density at radius 2 is 2.18 bits per heavy atom. The molecule has 2 rings (SSSR count). The molecule has 4 N–H and O–H groups in total. The first-order chi connectivity index (χ1) is 8.08. The second-order valence-corrected chi connectivity index (χ2v) is 3.78. The molecule has 0 radical (unpaired) electrons. The van der Waals surface area contributed by atoms with E-state index < -0.39 is 5.91 Å². The normalized spacial score (nSPS) is 12.4. The van der Waals surface area contributed by atoms with Crippen molar-refractivity contribution in [3.63, 3.8) is 0 Å². The summed E-state index contributed by atoms with van der Waals surface area (Å²) in [4.78, 5) is 15.1. The number of aromatic nitrogens is 3. The van der Waals surface area contributed by atoms with Gasteiger partial charge in [-0.3, -0.25) is 4.79 Å². The largest absolute Gasteiger partial charge is 0.366 e. The number of carbonyl (C=O) groups is 1. The molecule has 0 fully saturated rings. The molecule has 1 amide bonds. The van der Waals surface area contributed by atoms with Crippen molar-refractivity contribution in [1.29, 1.82) is 0 Å². The summed E-state index contributed by atoms with van der Waals surface area (Å²) in [5.74, 6) is 0.102. The number of nitrogens with two attached hydrogens (primary N) is 2. The van der Waals surface area contributed by atoms with Gasteiger partial charge in [0.25, 0.3) is 5.91 Å². The van der Waals surface area contributed by atoms with Crippen LogP contribution in [0.2, 0.25) is 0 Å². The zero-order chi connectivity index (χ0) is 12.4. The Hall–Kier alpha value is -2.21. The standard InChI is InChI=1S/C11H13N5O/c1-7(12)8-2-3-10(14-4-8)16-6-9(5-15-16)11(13)17/h2-7H,12H2,1H3,(H2,13,17)/t7-/m0/s1. The molecule has 6 heteroatoms. The number of nitrogens with zero attached hydrogens (tertiary/aromatic N) is 3. The van der Waals surface area contributed by atoms with Crippen LogP contribution in [0.3, 0.4) is 0 Å². The smallest absolute Gasteiger partial charge is 0.251 e. The van der Waals surface area contributed by atoms with Gasteiger partial charge in [-0.05, 0) is 18.6 Å². The fourth-order valence-corrected chi connectivity index (χ4v) is 1.38. The Kier molecular flexibility index (Phi) is 2.88. The molecule has 0 saturated carbocycles. The van der Waals surface area contributed by atoms with E-state index in [9.17, 15) is 4.79 Å². The van der Waals surface area contributed by atoms with Crippen molar-refractivity contribution >= 4 is 5.91 Å². The van der Waals surface area contributed by atoms with Gasteiger partial charge in [0, 0.05) is 18.4 Å². The van der Waals surface area contributed by atoms with E-state index in [4.69, 9.17) is 11.5 Å². The maximum Gasteiger partial charge on any atom is 0.251 e. The molecule has 0 aliphatic carbocycles. The second kappa shape index (κ2) is 4.34. The van der Waals surface area contributed by atoms with E-state index in [2.05, 4.69) is 10.1 Å². The van der Waals surface area contributed by atoms with Crippen LogP contribution in [0.1, 0.15) is 28.9 Å². The highest BCUT2D eigenvalue weighted by Crippen LogP contribution is 2.10. The monoisotopic (exact) mass is 231 g/mol. The van der Waals surface area contributed by atoms with E-state index in [-0.39, 0.29) is 6.04 Å². The lowest BCUT2D eigenvalue weighted by Gasteiger charge is -2.05. The van der Waals surface area contributed by atoms with Gasteiger partial charge < -0.3 is 11.5 Å². The van der Waals surface area contributed by atoms with Gasteiger partial charge >= 0.3 is 0 Å². The molecule has 0 saturated heterocycles. The number of primary amides is 1. The number of hydrogen-bond donors (Lipinski definition) is 2. The Morgan fingerprint density at radius 1 is 1.41 bits per heavy atom. The summed E-state index contributed by atoms with van der Waals surface area (Å²) in [6.07, 6.45) is 4.63. The zero-order valence-corrected chi connectivity index (χ0v) is 9.37. The molecule has 0 aliphatic rings. The number of rotatable bonds is 3. The lowest BCUT2D eigenvalue weighted by atomic mass is 10.2. The summed E-state index contributed by atoms with van der Waals surface area (Å²) >= 11 is 0. The number of hydrogen-bond acceptors (Lipinski definition) is 4. The topological polar surface area (TPSA) is 99.8 Å². The van der Waals surface area contributed by atoms with E-state index in [0.717, 1.165) is 5.56 Å². The first kappa shape index (κ1) is 11.3. The van der Waals surface area contributed by atoms with E-state index in [1.807, 2.05) is 13.0 Å². The minimum Gasteiger partial charge on any atom is -0.366 e. The fraction of sp³-hybridized carbons (Fsp3) is 0.182. The van der Waals surface area contributed by atoms with Crippen molar-refractivity contribution in [2.24, 2.45) is 11.5 Å². The van der Waals surface area contributed by atoms with Crippen molar-refractivity contribution in [2.45, 2.75) is 13.0 Å². The van der Waals surface area contributed by atoms with Crippen LogP contribution in [0, 0.1) is 0 Å². The average Bonchev–Trinajstić information content (AvgIpc) is 2.78. The van der Waals surface area contributed by atoms with E-state index in [1.165, 1.54) is 17.1 Å². The molecular formula is C11H13N5O. The lowest BCUT2D eigenvalue weighted by Crippen LogP contribution is -2.09. The van der Waals surface area contributed by atoms with Crippen molar-refractivity contribution in [2.75, 3.05) is 0 Å². The number of amides is 1. The highest BCUT2D eigenvalue weighted by atomic mass is 16.1. The van der Waals surface area contributed by atoms with Crippen molar-refractivity contribution in [3.05, 3.63) is 41.9 Å². The van der Waals surface area contributed by atoms with Gasteiger partial charge in [0.1, 0.15) is 0 Å². The second-order valence-electron chi connectivity index (χ2n) is 3.78. The third-order valence-corrected chi connectivity index (χ3v) is 2.40. The van der Waals surface area contributed by atoms with Crippen LogP contribution in [0.4, 0.5) is 0 Å². The Morgan fingerprint density at radius 3 is 2.65 bits per heavy atom. The molecule has 0 aromatic carbocycles. The molecule has 2 aromatic heterocycles. The van der Waals surface area contributed by atoms with Crippen LogP contribution in [0.25, 0.3) is 5.82 Å². The van der Waals surface area contributed by atoms with Gasteiger partial charge in [0.05, 0.1) is 11.8 Å². The number of pyridine rings is 1. The highest BCUT2D eigenvalue weighted by Gasteiger charge is 2.06. The molecule has 6 nitrogen and oxygen atoms in total. The van der Waals surface area contributed by atoms with Crippen LogP contribution < -0.4 is 11.5 Å². The fourth-order valence-electron chi connectivity index (χ4n) is 1.38. The van der Waals surface area contributed by atoms with E-state index in [1.54, 1.807) is 12.3 Å². The minimum absolute atomic E-state index is 0.0599. The Balaban J connectivity index is 2.30. The molecule has 0 bridgehead atoms. The Labute approximate surface area is 98.3 Å². The maximum absolute atomic E-state index is 10.9. The van der Waals surface area contributed by atoms with Crippen LogP contribution in [-0.4, -0.2) is 20.7 Å². The van der Waals surface area contributed by atoms with Crippen LogP contribution in [0.5, 0.6) is 0 Å². The van der Waals surface area contributed by atoms with Gasteiger partial charge in [0.15, 0.2) is 5.82 Å². The van der Waals surface area contributed by atoms with Gasteiger partial charge in [-0.25, -0.2) is 9.67 Å². The number of carbonyl (C=O) groups excluding carboxylic acids is 1. The molecule has 2 aromatic rings. The summed E-state index contributed by atoms with van der Waals surface area (Å²) in [7, 11) is 0. The summed E-state index contributed by atoms with van der Waals surface area (Å²) in [5, 5.41) is 4.00. The molecule has 0 unspecified atom stereocenters. The van der Waals surface area contributed by atoms with Gasteiger partial charge in [-0.2, -0.15) is 5.10 Å². The van der Waals surface area contributed by atoms with Crippen LogP contribution >= 0.6 is 0 Å². The summed E-state index contributed by atoms with van der Waals surface area (Å²) in [6, 6.07) is 3.60. The maximum atomic E-state index is 10.9. The predicted molar refractivity (Wildman–Crippen MR) is 62.5 cm³/mol. The molecule has 0 aliphatic heterocycles. The minimum atomic E-state index is -0.511. The van der Waals surface area contributed by atoms with Crippen LogP contribution in [0.15, 0.2) is 30.7 Å². The molecule has 88 valence electrons. The molecule has 17 heavy (non-hydrogen) atoms. The molecular weight excluding hydrogens is 218 g/mol. The Bertz CT molecular complexity index is 529. The summed E-state index contributed by atoms with van der Waals surface area (Å²) in [5.41, 5.74) is 12.2. The molecule has 0 spiro atoms. The van der Waals surface area contributed by atoms with Crippen LogP contribution in [-0.2, 0) is 0 Å². The average molecular weight is 231 g/mol. The molecule has 1 atom stereocenters. The third-order valence-electron chi connectivity index (χ3n) is 2.40. The lowest BCUT2D eigenvalue weighted by molar-refractivity contribution is 0.100. The molecule has 2 heterocycles. The first-order valence-electron chi connectivity index (χ1n) is 5.14. The third kappa shape index (κ3) is 2.31. The van der Waals surface area contributed by atoms with Crippen molar-refractivity contribution < 1.29 is 4.79 Å². The first-order valence-corrected chi connectivity index (χ1v) is 5.14. The summed E-state index contributed by atoms with van der Waals surface area (Å²) < 4.78 is 1.49. The van der Waals surface area contributed by atoms with E-state index in [0.29, 0.717) is 11.4 Å². The van der Waals surface area contributed by atoms with Crippen molar-refractivity contribution in [3.8, 4) is 5.82 Å². The van der Waals surface area contributed by atoms with Gasteiger partial charge in [-0.1, -0.05) is 6.07 Å². The van der Waals surface area contributed by atoms with Gasteiger partial charge in [0.2, 0.25) is 0 Å².